The highest BCUT2D eigenvalue weighted by molar-refractivity contribution is 5.94. The predicted molar refractivity (Wildman–Crippen MR) is 136 cm³/mol. The number of guanidine groups is 1. The van der Waals surface area contributed by atoms with E-state index in [0.717, 1.165) is 5.56 Å². The molecule has 0 aliphatic carbocycles. The minimum absolute atomic E-state index is 0.0303. The monoisotopic (exact) mass is 519 g/mol. The molecule has 0 bridgehead atoms. The summed E-state index contributed by atoms with van der Waals surface area (Å²) in [6.45, 7) is 1.81. The summed E-state index contributed by atoms with van der Waals surface area (Å²) in [6.07, 6.45) is 0.233. The van der Waals surface area contributed by atoms with Gasteiger partial charge in [0.05, 0.1) is 12.1 Å². The number of likely N-dealkylation sites (tertiary alicyclic amines) is 1. The number of benzene rings is 1. The van der Waals surface area contributed by atoms with Crippen LogP contribution in [0, 0.1) is 0 Å². The first kappa shape index (κ1) is 29.5. The molecule has 1 heterocycles. The molecule has 0 aromatic heterocycles. The third-order valence-corrected chi connectivity index (χ3v) is 6.08. The Hall–Kier alpha value is -3.71. The van der Waals surface area contributed by atoms with Gasteiger partial charge in [0.25, 0.3) is 0 Å². The third kappa shape index (κ3) is 9.03. The van der Waals surface area contributed by atoms with Crippen LogP contribution in [0.25, 0.3) is 0 Å². The lowest BCUT2D eigenvalue weighted by atomic mass is 10.0. The molecule has 1 aromatic carbocycles. The highest BCUT2D eigenvalue weighted by atomic mass is 16.4. The summed E-state index contributed by atoms with van der Waals surface area (Å²) in [4.78, 5) is 55.6. The van der Waals surface area contributed by atoms with Crippen molar-refractivity contribution in [2.45, 2.75) is 69.3 Å². The number of aliphatic imine (C=N–C) groups is 1. The van der Waals surface area contributed by atoms with Crippen molar-refractivity contribution in [2.24, 2.45) is 22.2 Å². The largest absolute Gasteiger partial charge is 0.480 e. The van der Waals surface area contributed by atoms with Crippen LogP contribution >= 0.6 is 0 Å². The molecule has 1 fully saturated rings. The molecule has 1 aliphatic heterocycles. The number of nitrogens with zero attached hydrogens (tertiary/aromatic N) is 2. The number of amides is 3. The van der Waals surface area contributed by atoms with Gasteiger partial charge in [-0.05, 0) is 44.6 Å². The van der Waals surface area contributed by atoms with E-state index in [1.165, 1.54) is 11.8 Å². The zero-order chi connectivity index (χ0) is 27.5. The van der Waals surface area contributed by atoms with Crippen LogP contribution in [0.2, 0.25) is 0 Å². The Morgan fingerprint density at radius 1 is 1.16 bits per heavy atom. The van der Waals surface area contributed by atoms with E-state index in [4.69, 9.17) is 17.2 Å². The number of hydrogen-bond donors (Lipinski definition) is 7. The molecule has 5 unspecified atom stereocenters. The maximum atomic E-state index is 13.1. The number of aliphatic hydroxyl groups excluding tert-OH is 1. The van der Waals surface area contributed by atoms with E-state index in [2.05, 4.69) is 15.6 Å². The lowest BCUT2D eigenvalue weighted by Gasteiger charge is -2.29. The highest BCUT2D eigenvalue weighted by Gasteiger charge is 2.38. The van der Waals surface area contributed by atoms with Crippen molar-refractivity contribution in [3.63, 3.8) is 0 Å². The molecule has 5 atom stereocenters. The van der Waals surface area contributed by atoms with Crippen molar-refractivity contribution >= 4 is 29.7 Å². The van der Waals surface area contributed by atoms with Gasteiger partial charge in [0, 0.05) is 13.1 Å². The molecular weight excluding hydrogens is 482 g/mol. The number of carbonyl (C=O) groups is 4. The molecule has 0 radical (unpaired) electrons. The van der Waals surface area contributed by atoms with Gasteiger partial charge < -0.3 is 42.9 Å². The molecule has 1 aliphatic rings. The second-order valence-electron chi connectivity index (χ2n) is 9.06. The van der Waals surface area contributed by atoms with Crippen molar-refractivity contribution in [3.8, 4) is 0 Å². The van der Waals surface area contributed by atoms with Crippen LogP contribution in [-0.4, -0.2) is 88.1 Å². The van der Waals surface area contributed by atoms with Gasteiger partial charge in [0.15, 0.2) is 5.96 Å². The van der Waals surface area contributed by atoms with E-state index in [1.54, 1.807) is 0 Å². The number of nitrogens with one attached hydrogen (secondary N) is 2. The number of carboxylic acids is 1. The van der Waals surface area contributed by atoms with E-state index < -0.39 is 48.1 Å². The van der Waals surface area contributed by atoms with E-state index in [1.807, 2.05) is 30.3 Å². The SMILES string of the molecule is CC(O)C(NC(=O)C1CCCN1C(=O)C(N)Cc1ccccc1)C(=O)NC(CCCN=C(N)N)C(=O)O. The molecule has 1 aromatic rings. The molecule has 37 heavy (non-hydrogen) atoms. The van der Waals surface area contributed by atoms with E-state index in [0.29, 0.717) is 25.8 Å². The van der Waals surface area contributed by atoms with Gasteiger partial charge in [-0.2, -0.15) is 0 Å². The van der Waals surface area contributed by atoms with Gasteiger partial charge >= 0.3 is 5.97 Å². The van der Waals surface area contributed by atoms with E-state index in [9.17, 15) is 29.4 Å². The van der Waals surface area contributed by atoms with Gasteiger partial charge in [0.1, 0.15) is 18.1 Å². The topological polar surface area (TPSA) is 226 Å². The number of rotatable bonds is 13. The molecule has 1 saturated heterocycles. The fourth-order valence-corrected chi connectivity index (χ4v) is 4.15. The predicted octanol–water partition coefficient (Wildman–Crippen LogP) is -1.96. The number of aliphatic carboxylic acids is 1. The minimum atomic E-state index is -1.43. The van der Waals surface area contributed by atoms with Crippen LogP contribution in [0.4, 0.5) is 0 Å². The maximum absolute atomic E-state index is 13.1. The van der Waals surface area contributed by atoms with Crippen molar-refractivity contribution < 1.29 is 29.4 Å². The summed E-state index contributed by atoms with van der Waals surface area (Å²) in [7, 11) is 0. The van der Waals surface area contributed by atoms with Crippen LogP contribution in [-0.2, 0) is 25.6 Å². The molecule has 13 heteroatoms. The smallest absolute Gasteiger partial charge is 0.326 e. The highest BCUT2D eigenvalue weighted by Crippen LogP contribution is 2.19. The molecule has 10 N–H and O–H groups in total. The van der Waals surface area contributed by atoms with E-state index in [-0.39, 0.29) is 31.3 Å². The van der Waals surface area contributed by atoms with Crippen LogP contribution in [0.15, 0.2) is 35.3 Å². The lowest BCUT2D eigenvalue weighted by molar-refractivity contribution is -0.144. The van der Waals surface area contributed by atoms with Crippen LogP contribution in [0.3, 0.4) is 0 Å². The second-order valence-corrected chi connectivity index (χ2v) is 9.06. The standard InChI is InChI=1S/C24H37N7O6/c1-14(32)19(21(34)29-17(23(36)37)9-5-11-28-24(26)27)30-20(33)18-10-6-12-31(18)22(35)16(25)13-15-7-3-2-4-8-15/h2-4,7-8,14,16-19,32H,5-6,9-13,25H2,1H3,(H,29,34)(H,30,33)(H,36,37)(H4,26,27,28). The zero-order valence-electron chi connectivity index (χ0n) is 20.9. The average Bonchev–Trinajstić information content (AvgIpc) is 3.33. The second kappa shape index (κ2) is 14.1. The van der Waals surface area contributed by atoms with Gasteiger partial charge in [-0.15, -0.1) is 0 Å². The van der Waals surface area contributed by atoms with Crippen molar-refractivity contribution in [1.29, 1.82) is 0 Å². The summed E-state index contributed by atoms with van der Waals surface area (Å²) >= 11 is 0. The molecule has 3 amide bonds. The summed E-state index contributed by atoms with van der Waals surface area (Å²) in [5.41, 5.74) is 17.5. The number of carbonyl (C=O) groups excluding carboxylic acids is 3. The molecular formula is C24H37N7O6. The van der Waals surface area contributed by atoms with Gasteiger partial charge in [0.2, 0.25) is 17.7 Å². The van der Waals surface area contributed by atoms with Crippen LogP contribution in [0.1, 0.15) is 38.2 Å². The molecule has 13 nitrogen and oxygen atoms in total. The molecule has 0 saturated carbocycles. The molecule has 0 spiro atoms. The number of nitrogens with two attached hydrogens (primary N) is 3. The Morgan fingerprint density at radius 3 is 2.43 bits per heavy atom. The fraction of sp³-hybridized carbons (Fsp3) is 0.542. The fourth-order valence-electron chi connectivity index (χ4n) is 4.15. The van der Waals surface area contributed by atoms with Crippen LogP contribution in [0.5, 0.6) is 0 Å². The van der Waals surface area contributed by atoms with Gasteiger partial charge in [-0.25, -0.2) is 4.79 Å². The summed E-state index contributed by atoms with van der Waals surface area (Å²) in [6, 6.07) is 4.86. The van der Waals surface area contributed by atoms with Crippen molar-refractivity contribution in [1.82, 2.24) is 15.5 Å². The number of hydrogen-bond acceptors (Lipinski definition) is 7. The van der Waals surface area contributed by atoms with Crippen LogP contribution < -0.4 is 27.8 Å². The summed E-state index contributed by atoms with van der Waals surface area (Å²) < 4.78 is 0. The van der Waals surface area contributed by atoms with Gasteiger partial charge in [-0.3, -0.25) is 19.4 Å². The Morgan fingerprint density at radius 2 is 1.84 bits per heavy atom. The number of aliphatic hydroxyl groups is 1. The van der Waals surface area contributed by atoms with Crippen molar-refractivity contribution in [3.05, 3.63) is 35.9 Å². The summed E-state index contributed by atoms with van der Waals surface area (Å²) in [5.74, 6) is -3.29. The quantitative estimate of drug-likeness (QED) is 0.0870. The Bertz CT molecular complexity index is 968. The molecule has 2 rings (SSSR count). The Kier molecular flexibility index (Phi) is 11.3. The maximum Gasteiger partial charge on any atom is 0.326 e. The molecule has 204 valence electrons. The zero-order valence-corrected chi connectivity index (χ0v) is 20.9. The first-order valence-electron chi connectivity index (χ1n) is 12.2. The lowest BCUT2D eigenvalue weighted by Crippen LogP contribution is -2.59. The van der Waals surface area contributed by atoms with E-state index >= 15 is 0 Å². The average molecular weight is 520 g/mol. The normalized spacial score (nSPS) is 18.2. The first-order valence-corrected chi connectivity index (χ1v) is 12.2. The Labute approximate surface area is 215 Å². The summed E-state index contributed by atoms with van der Waals surface area (Å²) in [5, 5.41) is 24.4. The van der Waals surface area contributed by atoms with Gasteiger partial charge in [-0.1, -0.05) is 30.3 Å². The van der Waals surface area contributed by atoms with Crippen molar-refractivity contribution in [2.75, 3.05) is 13.1 Å². The number of carboxylic acid groups (broad SMARTS) is 1. The third-order valence-electron chi connectivity index (χ3n) is 6.08. The first-order chi connectivity index (χ1) is 17.5. The minimum Gasteiger partial charge on any atom is -0.480 e. The Balaban J connectivity index is 2.01.